The van der Waals surface area contributed by atoms with E-state index in [0.717, 1.165) is 18.3 Å². The number of benzene rings is 1. The van der Waals surface area contributed by atoms with Crippen LogP contribution in [0, 0.1) is 11.7 Å². The van der Waals surface area contributed by atoms with E-state index in [-0.39, 0.29) is 11.7 Å². The maximum atomic E-state index is 13.7. The number of aldehydes is 1. The Kier molecular flexibility index (Phi) is 3.22. The molecule has 2 nitrogen and oxygen atoms in total. The molecule has 0 radical (unpaired) electrons. The van der Waals surface area contributed by atoms with Gasteiger partial charge in [-0.05, 0) is 36.5 Å². The van der Waals surface area contributed by atoms with E-state index in [4.69, 9.17) is 4.74 Å². The maximum Gasteiger partial charge on any atom is 0.130 e. The van der Waals surface area contributed by atoms with Gasteiger partial charge < -0.3 is 9.53 Å². The summed E-state index contributed by atoms with van der Waals surface area (Å²) in [6, 6.07) is 3.28. The number of ether oxygens (including phenoxy) is 1. The molecule has 0 amide bonds. The van der Waals surface area contributed by atoms with Gasteiger partial charge in [0.1, 0.15) is 17.9 Å². The molecule has 1 unspecified atom stereocenters. The van der Waals surface area contributed by atoms with Gasteiger partial charge in [0.05, 0.1) is 6.61 Å². The molecule has 0 bridgehead atoms. The standard InChI is InChI=1S/C13H15FO2/c1-2-3-16-11-6-10-4-9(8-15)5-12(10)13(14)7-11/h6-9H,2-5H2,1H3. The first-order valence-corrected chi connectivity index (χ1v) is 5.64. The van der Waals surface area contributed by atoms with E-state index < -0.39 is 0 Å². The molecule has 0 spiro atoms. The van der Waals surface area contributed by atoms with Crippen LogP contribution in [-0.4, -0.2) is 12.9 Å². The smallest absolute Gasteiger partial charge is 0.130 e. The third kappa shape index (κ3) is 2.08. The van der Waals surface area contributed by atoms with Crippen LogP contribution >= 0.6 is 0 Å². The zero-order valence-corrected chi connectivity index (χ0v) is 9.33. The third-order valence-corrected chi connectivity index (χ3v) is 2.88. The first kappa shape index (κ1) is 11.1. The summed E-state index contributed by atoms with van der Waals surface area (Å²) < 4.78 is 19.1. The fourth-order valence-electron chi connectivity index (χ4n) is 2.09. The monoisotopic (exact) mass is 222 g/mol. The zero-order valence-electron chi connectivity index (χ0n) is 9.33. The van der Waals surface area contributed by atoms with E-state index in [2.05, 4.69) is 0 Å². The summed E-state index contributed by atoms with van der Waals surface area (Å²) in [5.74, 6) is 0.267. The van der Waals surface area contributed by atoms with Crippen molar-refractivity contribution in [2.24, 2.45) is 5.92 Å². The van der Waals surface area contributed by atoms with Crippen molar-refractivity contribution in [1.29, 1.82) is 0 Å². The number of rotatable bonds is 4. The Balaban J connectivity index is 2.23. The van der Waals surface area contributed by atoms with Gasteiger partial charge in [-0.1, -0.05) is 6.92 Å². The van der Waals surface area contributed by atoms with Crippen molar-refractivity contribution < 1.29 is 13.9 Å². The summed E-state index contributed by atoms with van der Waals surface area (Å²) >= 11 is 0. The van der Waals surface area contributed by atoms with Crippen molar-refractivity contribution in [3.63, 3.8) is 0 Å². The molecule has 1 atom stereocenters. The second kappa shape index (κ2) is 4.64. The largest absolute Gasteiger partial charge is 0.493 e. The topological polar surface area (TPSA) is 26.3 Å². The maximum absolute atomic E-state index is 13.7. The summed E-state index contributed by atoms with van der Waals surface area (Å²) in [4.78, 5) is 10.7. The van der Waals surface area contributed by atoms with E-state index in [1.807, 2.05) is 13.0 Å². The van der Waals surface area contributed by atoms with E-state index >= 15 is 0 Å². The van der Waals surface area contributed by atoms with Gasteiger partial charge in [0.2, 0.25) is 0 Å². The molecule has 0 N–H and O–H groups in total. The zero-order chi connectivity index (χ0) is 11.5. The van der Waals surface area contributed by atoms with Gasteiger partial charge in [-0.2, -0.15) is 0 Å². The normalized spacial score (nSPS) is 18.2. The van der Waals surface area contributed by atoms with Crippen LogP contribution in [0.3, 0.4) is 0 Å². The van der Waals surface area contributed by atoms with Crippen LogP contribution < -0.4 is 4.74 Å². The van der Waals surface area contributed by atoms with Crippen LogP contribution in [0.1, 0.15) is 24.5 Å². The van der Waals surface area contributed by atoms with Gasteiger partial charge in [-0.3, -0.25) is 0 Å². The highest BCUT2D eigenvalue weighted by atomic mass is 19.1. The minimum absolute atomic E-state index is 0.0640. The van der Waals surface area contributed by atoms with Crippen molar-refractivity contribution >= 4 is 6.29 Å². The molecular weight excluding hydrogens is 207 g/mol. The second-order valence-electron chi connectivity index (χ2n) is 4.20. The number of hydrogen-bond acceptors (Lipinski definition) is 2. The molecule has 16 heavy (non-hydrogen) atoms. The van der Waals surface area contributed by atoms with Crippen LogP contribution in [0.25, 0.3) is 0 Å². The molecule has 0 heterocycles. The molecule has 1 aromatic rings. The lowest BCUT2D eigenvalue weighted by molar-refractivity contribution is -0.110. The average Bonchev–Trinajstić information content (AvgIpc) is 2.70. The molecule has 1 aliphatic carbocycles. The van der Waals surface area contributed by atoms with E-state index in [1.165, 1.54) is 6.07 Å². The van der Waals surface area contributed by atoms with Gasteiger partial charge in [0.25, 0.3) is 0 Å². The molecule has 0 saturated heterocycles. The molecule has 0 aliphatic heterocycles. The fraction of sp³-hybridized carbons (Fsp3) is 0.462. The Bertz CT molecular complexity index is 401. The van der Waals surface area contributed by atoms with E-state index in [1.54, 1.807) is 0 Å². The minimum atomic E-state index is -0.243. The van der Waals surface area contributed by atoms with Crippen molar-refractivity contribution in [3.8, 4) is 5.75 Å². The predicted molar refractivity (Wildman–Crippen MR) is 59.1 cm³/mol. The lowest BCUT2D eigenvalue weighted by atomic mass is 10.1. The lowest BCUT2D eigenvalue weighted by Gasteiger charge is -2.07. The number of halogens is 1. The van der Waals surface area contributed by atoms with Crippen LogP contribution in [0.2, 0.25) is 0 Å². The number of fused-ring (bicyclic) bond motifs is 1. The summed E-state index contributed by atoms with van der Waals surface area (Å²) in [6.07, 6.45) is 2.97. The first-order chi connectivity index (χ1) is 7.74. The predicted octanol–water partition coefficient (Wildman–Crippen LogP) is 2.53. The highest BCUT2D eigenvalue weighted by molar-refractivity contribution is 5.59. The average molecular weight is 222 g/mol. The van der Waals surface area contributed by atoms with Crippen molar-refractivity contribution in [2.45, 2.75) is 26.2 Å². The van der Waals surface area contributed by atoms with Crippen LogP contribution in [0.4, 0.5) is 4.39 Å². The Labute approximate surface area is 94.4 Å². The molecule has 1 aliphatic rings. The van der Waals surface area contributed by atoms with Gasteiger partial charge in [0.15, 0.2) is 0 Å². The van der Waals surface area contributed by atoms with Crippen LogP contribution in [0.15, 0.2) is 12.1 Å². The molecular formula is C13H15FO2. The number of hydrogen-bond donors (Lipinski definition) is 0. The van der Waals surface area contributed by atoms with E-state index in [9.17, 15) is 9.18 Å². The minimum Gasteiger partial charge on any atom is -0.493 e. The summed E-state index contributed by atoms with van der Waals surface area (Å²) in [5.41, 5.74) is 1.60. The summed E-state index contributed by atoms with van der Waals surface area (Å²) in [7, 11) is 0. The highest BCUT2D eigenvalue weighted by Gasteiger charge is 2.24. The van der Waals surface area contributed by atoms with Gasteiger partial charge in [-0.15, -0.1) is 0 Å². The van der Waals surface area contributed by atoms with Gasteiger partial charge in [0, 0.05) is 12.0 Å². The third-order valence-electron chi connectivity index (χ3n) is 2.88. The second-order valence-corrected chi connectivity index (χ2v) is 4.20. The molecule has 2 rings (SSSR count). The summed E-state index contributed by atoms with van der Waals surface area (Å²) in [5, 5.41) is 0. The quantitative estimate of drug-likeness (QED) is 0.732. The Hall–Kier alpha value is -1.38. The van der Waals surface area contributed by atoms with Crippen molar-refractivity contribution in [2.75, 3.05) is 6.61 Å². The fourth-order valence-corrected chi connectivity index (χ4v) is 2.09. The number of carbonyl (C=O) groups excluding carboxylic acids is 1. The highest BCUT2D eigenvalue weighted by Crippen LogP contribution is 2.31. The Morgan fingerprint density at radius 2 is 2.31 bits per heavy atom. The van der Waals surface area contributed by atoms with Crippen molar-refractivity contribution in [1.82, 2.24) is 0 Å². The molecule has 0 fully saturated rings. The first-order valence-electron chi connectivity index (χ1n) is 5.64. The lowest BCUT2D eigenvalue weighted by Crippen LogP contribution is -1.99. The number of carbonyl (C=O) groups is 1. The van der Waals surface area contributed by atoms with Gasteiger partial charge >= 0.3 is 0 Å². The molecule has 0 aromatic heterocycles. The molecule has 86 valence electrons. The Morgan fingerprint density at radius 3 is 3.00 bits per heavy atom. The Morgan fingerprint density at radius 1 is 1.50 bits per heavy atom. The SMILES string of the molecule is CCCOc1cc(F)c2c(c1)CC(C=O)C2. The molecule has 0 saturated carbocycles. The van der Waals surface area contributed by atoms with Crippen LogP contribution in [-0.2, 0) is 17.6 Å². The van der Waals surface area contributed by atoms with Crippen LogP contribution in [0.5, 0.6) is 5.75 Å². The van der Waals surface area contributed by atoms with Crippen molar-refractivity contribution in [3.05, 3.63) is 29.1 Å². The van der Waals surface area contributed by atoms with Gasteiger partial charge in [-0.25, -0.2) is 4.39 Å². The molecule has 3 heteroatoms. The molecule has 1 aromatic carbocycles. The van der Waals surface area contributed by atoms with E-state index in [0.29, 0.717) is 30.8 Å². The summed E-state index contributed by atoms with van der Waals surface area (Å²) in [6.45, 7) is 2.60.